The van der Waals surface area contributed by atoms with E-state index in [4.69, 9.17) is 23.2 Å². The summed E-state index contributed by atoms with van der Waals surface area (Å²) in [6, 6.07) is 7.72. The third-order valence-corrected chi connectivity index (χ3v) is 2.94. The molecule has 92 valence electrons. The summed E-state index contributed by atoms with van der Waals surface area (Å²) in [4.78, 5) is 10.3. The molecular weight excluding hydrogens is 280 g/mol. The highest BCUT2D eigenvalue weighted by atomic mass is 35.5. The molecule has 0 aliphatic carbocycles. The van der Waals surface area contributed by atoms with Crippen LogP contribution in [-0.2, 0) is 0 Å². The molecule has 6 heteroatoms. The Kier molecular flexibility index (Phi) is 3.50. The van der Waals surface area contributed by atoms with E-state index in [1.165, 1.54) is 12.1 Å². The van der Waals surface area contributed by atoms with Gasteiger partial charge in [0, 0.05) is 21.7 Å². The monoisotopic (exact) mass is 285 g/mol. The Morgan fingerprint density at radius 3 is 2.44 bits per heavy atom. The third kappa shape index (κ3) is 2.44. The lowest BCUT2D eigenvalue weighted by atomic mass is 10.0. The molecule has 0 bridgehead atoms. The predicted octanol–water partition coefficient (Wildman–Crippen LogP) is 4.71. The van der Waals surface area contributed by atoms with Crippen molar-refractivity contribution in [2.75, 3.05) is 0 Å². The minimum atomic E-state index is -0.591. The molecule has 0 aliphatic rings. The molecule has 0 saturated carbocycles. The fourth-order valence-corrected chi connectivity index (χ4v) is 1.98. The van der Waals surface area contributed by atoms with Gasteiger partial charge in [0.2, 0.25) is 0 Å². The molecule has 0 amide bonds. The van der Waals surface area contributed by atoms with Crippen LogP contribution in [0, 0.1) is 15.9 Å². The van der Waals surface area contributed by atoms with Crippen LogP contribution in [-0.4, -0.2) is 4.92 Å². The van der Waals surface area contributed by atoms with Crippen molar-refractivity contribution in [3.8, 4) is 11.1 Å². The van der Waals surface area contributed by atoms with Crippen molar-refractivity contribution in [3.63, 3.8) is 0 Å². The van der Waals surface area contributed by atoms with E-state index in [2.05, 4.69) is 0 Å². The van der Waals surface area contributed by atoms with Gasteiger partial charge in [-0.2, -0.15) is 0 Å². The number of nitro benzene ring substituents is 1. The van der Waals surface area contributed by atoms with Crippen LogP contribution in [0.25, 0.3) is 11.1 Å². The highest BCUT2D eigenvalue weighted by Gasteiger charge is 2.18. The first kappa shape index (κ1) is 12.8. The summed E-state index contributed by atoms with van der Waals surface area (Å²) in [6.45, 7) is 0. The van der Waals surface area contributed by atoms with Crippen molar-refractivity contribution < 1.29 is 9.31 Å². The fourth-order valence-electron chi connectivity index (χ4n) is 1.59. The molecular formula is C12H6Cl2FNO2. The van der Waals surface area contributed by atoms with E-state index in [-0.39, 0.29) is 16.3 Å². The number of nitro groups is 1. The lowest BCUT2D eigenvalue weighted by Gasteiger charge is -2.06. The maximum Gasteiger partial charge on any atom is 0.277 e. The van der Waals surface area contributed by atoms with Crippen molar-refractivity contribution in [1.82, 2.24) is 0 Å². The van der Waals surface area contributed by atoms with Gasteiger partial charge in [-0.3, -0.25) is 10.1 Å². The molecule has 3 nitrogen and oxygen atoms in total. The molecule has 18 heavy (non-hydrogen) atoms. The van der Waals surface area contributed by atoms with Crippen LogP contribution in [0.2, 0.25) is 10.0 Å². The number of nitrogens with zero attached hydrogens (tertiary/aromatic N) is 1. The first-order chi connectivity index (χ1) is 8.49. The molecule has 0 aliphatic heterocycles. The van der Waals surface area contributed by atoms with Crippen LogP contribution in [0.15, 0.2) is 36.4 Å². The molecule has 0 radical (unpaired) electrons. The summed E-state index contributed by atoms with van der Waals surface area (Å²) in [6.07, 6.45) is 0. The standard InChI is InChI=1S/C12H6Cl2FNO2/c13-7-1-3-11(14)9(5-7)10-6-8(15)2-4-12(10)16(17)18/h1-6H. The summed E-state index contributed by atoms with van der Waals surface area (Å²) < 4.78 is 13.2. The number of hydrogen-bond donors (Lipinski definition) is 0. The van der Waals surface area contributed by atoms with E-state index in [0.717, 1.165) is 18.2 Å². The zero-order valence-corrected chi connectivity index (χ0v) is 10.4. The lowest BCUT2D eigenvalue weighted by Crippen LogP contribution is -1.93. The molecule has 0 N–H and O–H groups in total. The smallest absolute Gasteiger partial charge is 0.258 e. The molecule has 2 rings (SSSR count). The summed E-state index contributed by atoms with van der Waals surface area (Å²) in [5.41, 5.74) is 0.212. The maximum atomic E-state index is 13.2. The van der Waals surface area contributed by atoms with Crippen molar-refractivity contribution in [2.24, 2.45) is 0 Å². The Labute approximate surface area is 112 Å². The van der Waals surface area contributed by atoms with Gasteiger partial charge in [-0.1, -0.05) is 23.2 Å². The average Bonchev–Trinajstić information content (AvgIpc) is 2.31. The van der Waals surface area contributed by atoms with E-state index >= 15 is 0 Å². The van der Waals surface area contributed by atoms with Crippen molar-refractivity contribution in [1.29, 1.82) is 0 Å². The summed E-state index contributed by atoms with van der Waals surface area (Å²) in [5, 5.41) is 11.5. The van der Waals surface area contributed by atoms with Gasteiger partial charge in [0.25, 0.3) is 5.69 Å². The minimum absolute atomic E-state index is 0.104. The summed E-state index contributed by atoms with van der Waals surface area (Å²) >= 11 is 11.8. The van der Waals surface area contributed by atoms with Crippen molar-refractivity contribution in [3.05, 3.63) is 62.4 Å². The maximum absolute atomic E-state index is 13.2. The average molecular weight is 286 g/mol. The van der Waals surface area contributed by atoms with Gasteiger partial charge >= 0.3 is 0 Å². The van der Waals surface area contributed by atoms with Gasteiger partial charge in [0.05, 0.1) is 10.5 Å². The number of benzene rings is 2. The molecule has 0 unspecified atom stereocenters. The van der Waals surface area contributed by atoms with Crippen LogP contribution < -0.4 is 0 Å². The Balaban J connectivity index is 2.73. The minimum Gasteiger partial charge on any atom is -0.258 e. The van der Waals surface area contributed by atoms with Crippen LogP contribution in [0.3, 0.4) is 0 Å². The Morgan fingerprint density at radius 1 is 1.06 bits per heavy atom. The summed E-state index contributed by atoms with van der Waals surface area (Å²) in [7, 11) is 0. The molecule has 0 saturated heterocycles. The van der Waals surface area contributed by atoms with Crippen LogP contribution in [0.1, 0.15) is 0 Å². The number of rotatable bonds is 2. The van der Waals surface area contributed by atoms with Gasteiger partial charge in [0.1, 0.15) is 5.82 Å². The normalized spacial score (nSPS) is 10.4. The fraction of sp³-hybridized carbons (Fsp3) is 0. The SMILES string of the molecule is O=[N+]([O-])c1ccc(F)cc1-c1cc(Cl)ccc1Cl. The number of halogens is 3. The molecule has 0 heterocycles. The molecule has 0 spiro atoms. The van der Waals surface area contributed by atoms with E-state index in [0.29, 0.717) is 10.6 Å². The second-order valence-electron chi connectivity index (χ2n) is 3.54. The first-order valence-corrected chi connectivity index (χ1v) is 5.64. The highest BCUT2D eigenvalue weighted by Crippen LogP contribution is 2.36. The molecule has 2 aromatic carbocycles. The van der Waals surface area contributed by atoms with Crippen molar-refractivity contribution in [2.45, 2.75) is 0 Å². The lowest BCUT2D eigenvalue weighted by molar-refractivity contribution is -0.384. The highest BCUT2D eigenvalue weighted by molar-refractivity contribution is 6.35. The van der Waals surface area contributed by atoms with Gasteiger partial charge in [-0.25, -0.2) is 4.39 Å². The second-order valence-corrected chi connectivity index (χ2v) is 4.39. The largest absolute Gasteiger partial charge is 0.277 e. The zero-order valence-electron chi connectivity index (χ0n) is 8.86. The molecule has 0 aromatic heterocycles. The van der Waals surface area contributed by atoms with Crippen LogP contribution in [0.4, 0.5) is 10.1 Å². The predicted molar refractivity (Wildman–Crippen MR) is 68.5 cm³/mol. The molecule has 0 atom stereocenters. The zero-order chi connectivity index (χ0) is 13.3. The van der Waals surface area contributed by atoms with E-state index < -0.39 is 10.7 Å². The van der Waals surface area contributed by atoms with E-state index in [1.807, 2.05) is 0 Å². The van der Waals surface area contributed by atoms with Gasteiger partial charge in [0.15, 0.2) is 0 Å². The van der Waals surface area contributed by atoms with Gasteiger partial charge in [-0.15, -0.1) is 0 Å². The second kappa shape index (κ2) is 4.92. The van der Waals surface area contributed by atoms with Crippen molar-refractivity contribution >= 4 is 28.9 Å². The quantitative estimate of drug-likeness (QED) is 0.592. The third-order valence-electron chi connectivity index (χ3n) is 2.37. The van der Waals surface area contributed by atoms with E-state index in [9.17, 15) is 14.5 Å². The summed E-state index contributed by atoms with van der Waals surface area (Å²) in [5.74, 6) is -0.577. The Hall–Kier alpha value is -1.65. The topological polar surface area (TPSA) is 43.1 Å². The molecule has 0 fully saturated rings. The van der Waals surface area contributed by atoms with Gasteiger partial charge in [-0.05, 0) is 30.3 Å². The molecule has 2 aromatic rings. The Bertz CT molecular complexity index is 631. The Morgan fingerprint density at radius 2 is 1.78 bits per heavy atom. The van der Waals surface area contributed by atoms with Gasteiger partial charge < -0.3 is 0 Å². The van der Waals surface area contributed by atoms with E-state index in [1.54, 1.807) is 6.07 Å². The first-order valence-electron chi connectivity index (χ1n) is 4.88. The number of hydrogen-bond acceptors (Lipinski definition) is 2. The van der Waals surface area contributed by atoms with Crippen LogP contribution in [0.5, 0.6) is 0 Å². The van der Waals surface area contributed by atoms with Crippen LogP contribution >= 0.6 is 23.2 Å².